The summed E-state index contributed by atoms with van der Waals surface area (Å²) in [7, 11) is 0. The molecule has 3 heterocycles. The Bertz CT molecular complexity index is 625. The van der Waals surface area contributed by atoms with Crippen molar-refractivity contribution in [3.63, 3.8) is 0 Å². The average Bonchev–Trinajstić information content (AvgIpc) is 2.98. The first-order valence-electron chi connectivity index (χ1n) is 8.09. The molecule has 1 saturated carbocycles. The molecule has 2 aromatic heterocycles. The number of anilines is 1. The first-order chi connectivity index (χ1) is 10.3. The van der Waals surface area contributed by atoms with Gasteiger partial charge in [-0.1, -0.05) is 0 Å². The van der Waals surface area contributed by atoms with Crippen molar-refractivity contribution >= 4 is 11.6 Å². The zero-order chi connectivity index (χ0) is 14.2. The van der Waals surface area contributed by atoms with Gasteiger partial charge in [-0.15, -0.1) is 5.10 Å². The van der Waals surface area contributed by atoms with Crippen LogP contribution in [0.1, 0.15) is 31.2 Å². The summed E-state index contributed by atoms with van der Waals surface area (Å²) in [6, 6.07) is 4.77. The van der Waals surface area contributed by atoms with E-state index >= 15 is 0 Å². The molecule has 2 fully saturated rings. The number of hydrogen-bond donors (Lipinski definition) is 1. The highest BCUT2D eigenvalue weighted by molar-refractivity contribution is 5.46. The molecular weight excluding hydrogens is 262 g/mol. The van der Waals surface area contributed by atoms with E-state index in [1.54, 1.807) is 0 Å². The summed E-state index contributed by atoms with van der Waals surface area (Å²) in [5.74, 6) is 1.74. The summed E-state index contributed by atoms with van der Waals surface area (Å²) in [5, 5.41) is 8.27. The molecule has 0 spiro atoms. The van der Waals surface area contributed by atoms with Gasteiger partial charge >= 0.3 is 0 Å². The monoisotopic (exact) mass is 285 g/mol. The number of aryl methyl sites for hydroxylation is 1. The predicted octanol–water partition coefficient (Wildman–Crippen LogP) is 2.01. The van der Waals surface area contributed by atoms with Gasteiger partial charge in [0.05, 0.1) is 0 Å². The number of hydrogen-bond acceptors (Lipinski definition) is 4. The molecule has 0 aromatic carbocycles. The second kappa shape index (κ2) is 5.30. The molecule has 1 N–H and O–H groups in total. The van der Waals surface area contributed by atoms with Gasteiger partial charge in [0.15, 0.2) is 5.65 Å². The SMILES string of the molecule is Cc1ccn2nc(N(CC3CC3)CC3CCCN3)nc2c1. The lowest BCUT2D eigenvalue weighted by atomic mass is 10.2. The van der Waals surface area contributed by atoms with E-state index in [2.05, 4.69) is 34.4 Å². The summed E-state index contributed by atoms with van der Waals surface area (Å²) in [5.41, 5.74) is 2.18. The third-order valence-corrected chi connectivity index (χ3v) is 4.54. The predicted molar refractivity (Wildman–Crippen MR) is 83.7 cm³/mol. The van der Waals surface area contributed by atoms with E-state index in [1.807, 2.05) is 10.7 Å². The van der Waals surface area contributed by atoms with Crippen LogP contribution < -0.4 is 10.2 Å². The van der Waals surface area contributed by atoms with Crippen molar-refractivity contribution in [1.29, 1.82) is 0 Å². The molecule has 21 heavy (non-hydrogen) atoms. The number of rotatable bonds is 5. The molecule has 5 heteroatoms. The molecule has 1 aliphatic heterocycles. The smallest absolute Gasteiger partial charge is 0.245 e. The molecule has 2 aromatic rings. The van der Waals surface area contributed by atoms with Crippen LogP contribution in [0.2, 0.25) is 0 Å². The van der Waals surface area contributed by atoms with Crippen LogP contribution in [0.3, 0.4) is 0 Å². The minimum Gasteiger partial charge on any atom is -0.338 e. The lowest BCUT2D eigenvalue weighted by Gasteiger charge is -2.24. The second-order valence-electron chi connectivity index (χ2n) is 6.56. The molecule has 0 bridgehead atoms. The van der Waals surface area contributed by atoms with Gasteiger partial charge in [-0.25, -0.2) is 4.52 Å². The van der Waals surface area contributed by atoms with Crippen molar-refractivity contribution in [2.75, 3.05) is 24.5 Å². The largest absolute Gasteiger partial charge is 0.338 e. The Morgan fingerprint density at radius 1 is 1.33 bits per heavy atom. The molecule has 4 rings (SSSR count). The summed E-state index contributed by atoms with van der Waals surface area (Å²) in [6.07, 6.45) is 7.29. The fraction of sp³-hybridized carbons (Fsp3) is 0.625. The van der Waals surface area contributed by atoms with Gasteiger partial charge in [-0.3, -0.25) is 0 Å². The summed E-state index contributed by atoms with van der Waals surface area (Å²) < 4.78 is 1.89. The molecule has 1 saturated heterocycles. The van der Waals surface area contributed by atoms with Crippen molar-refractivity contribution in [3.05, 3.63) is 23.9 Å². The van der Waals surface area contributed by atoms with Crippen LogP contribution in [0.25, 0.3) is 5.65 Å². The third-order valence-electron chi connectivity index (χ3n) is 4.54. The highest BCUT2D eigenvalue weighted by atomic mass is 15.4. The van der Waals surface area contributed by atoms with Gasteiger partial charge in [0, 0.05) is 25.3 Å². The van der Waals surface area contributed by atoms with E-state index < -0.39 is 0 Å². The molecule has 1 atom stereocenters. The lowest BCUT2D eigenvalue weighted by molar-refractivity contribution is 0.563. The van der Waals surface area contributed by atoms with E-state index in [9.17, 15) is 0 Å². The Morgan fingerprint density at radius 2 is 2.24 bits per heavy atom. The van der Waals surface area contributed by atoms with Gasteiger partial charge in [-0.05, 0) is 62.8 Å². The van der Waals surface area contributed by atoms with Crippen LogP contribution in [0.4, 0.5) is 5.95 Å². The van der Waals surface area contributed by atoms with Gasteiger partial charge < -0.3 is 10.2 Å². The van der Waals surface area contributed by atoms with Crippen molar-refractivity contribution in [1.82, 2.24) is 19.9 Å². The quantitative estimate of drug-likeness (QED) is 0.913. The minimum absolute atomic E-state index is 0.595. The molecular formula is C16H23N5. The summed E-state index contributed by atoms with van der Waals surface area (Å²) in [6.45, 7) is 5.39. The fourth-order valence-electron chi connectivity index (χ4n) is 3.13. The van der Waals surface area contributed by atoms with Crippen LogP contribution >= 0.6 is 0 Å². The van der Waals surface area contributed by atoms with Gasteiger partial charge in [0.25, 0.3) is 0 Å². The number of fused-ring (bicyclic) bond motifs is 1. The number of aromatic nitrogens is 3. The van der Waals surface area contributed by atoms with Crippen LogP contribution in [0, 0.1) is 12.8 Å². The van der Waals surface area contributed by atoms with Crippen molar-refractivity contribution in [2.24, 2.45) is 5.92 Å². The van der Waals surface area contributed by atoms with Gasteiger partial charge in [0.2, 0.25) is 5.95 Å². The van der Waals surface area contributed by atoms with Crippen molar-refractivity contribution < 1.29 is 0 Å². The Balaban J connectivity index is 1.59. The molecule has 112 valence electrons. The zero-order valence-corrected chi connectivity index (χ0v) is 12.6. The maximum absolute atomic E-state index is 4.75. The van der Waals surface area contributed by atoms with Crippen molar-refractivity contribution in [3.8, 4) is 0 Å². The molecule has 0 radical (unpaired) electrons. The van der Waals surface area contributed by atoms with E-state index in [4.69, 9.17) is 4.98 Å². The number of pyridine rings is 1. The standard InChI is InChI=1S/C16H23N5/c1-12-6-8-21-15(9-12)18-16(19-21)20(10-13-4-5-13)11-14-3-2-7-17-14/h6,8-9,13-14,17H,2-5,7,10-11H2,1H3. The maximum atomic E-state index is 4.75. The molecule has 0 amide bonds. The highest BCUT2D eigenvalue weighted by Crippen LogP contribution is 2.31. The Labute approximate surface area is 125 Å². The molecule has 1 unspecified atom stereocenters. The third kappa shape index (κ3) is 2.88. The Hall–Kier alpha value is -1.62. The van der Waals surface area contributed by atoms with Crippen LogP contribution in [0.5, 0.6) is 0 Å². The normalized spacial score (nSPS) is 22.0. The second-order valence-corrected chi connectivity index (χ2v) is 6.56. The van der Waals surface area contributed by atoms with Crippen LogP contribution in [-0.2, 0) is 0 Å². The average molecular weight is 285 g/mol. The first kappa shape index (κ1) is 13.1. The lowest BCUT2D eigenvalue weighted by Crippen LogP contribution is -2.39. The minimum atomic E-state index is 0.595. The van der Waals surface area contributed by atoms with Gasteiger partial charge in [-0.2, -0.15) is 4.98 Å². The van der Waals surface area contributed by atoms with Crippen molar-refractivity contribution in [2.45, 2.75) is 38.6 Å². The molecule has 1 aliphatic carbocycles. The topological polar surface area (TPSA) is 45.5 Å². The van der Waals surface area contributed by atoms with E-state index in [0.29, 0.717) is 6.04 Å². The number of nitrogens with zero attached hydrogens (tertiary/aromatic N) is 4. The van der Waals surface area contributed by atoms with Crippen LogP contribution in [-0.4, -0.2) is 40.3 Å². The van der Waals surface area contributed by atoms with E-state index in [0.717, 1.165) is 37.1 Å². The number of nitrogens with one attached hydrogen (secondary N) is 1. The highest BCUT2D eigenvalue weighted by Gasteiger charge is 2.28. The van der Waals surface area contributed by atoms with E-state index in [-0.39, 0.29) is 0 Å². The molecule has 5 nitrogen and oxygen atoms in total. The summed E-state index contributed by atoms with van der Waals surface area (Å²) >= 11 is 0. The van der Waals surface area contributed by atoms with E-state index in [1.165, 1.54) is 31.2 Å². The summed E-state index contributed by atoms with van der Waals surface area (Å²) in [4.78, 5) is 7.14. The van der Waals surface area contributed by atoms with Crippen LogP contribution in [0.15, 0.2) is 18.3 Å². The molecule has 2 aliphatic rings. The first-order valence-corrected chi connectivity index (χ1v) is 8.09. The fourth-order valence-corrected chi connectivity index (χ4v) is 3.13. The zero-order valence-electron chi connectivity index (χ0n) is 12.6. The Morgan fingerprint density at radius 3 is 3.00 bits per heavy atom. The van der Waals surface area contributed by atoms with Gasteiger partial charge in [0.1, 0.15) is 0 Å². The maximum Gasteiger partial charge on any atom is 0.245 e. The Kier molecular flexibility index (Phi) is 3.30.